The lowest BCUT2D eigenvalue weighted by Crippen LogP contribution is -2.35. The molecule has 0 radical (unpaired) electrons. The number of nitrogens with zero attached hydrogens (tertiary/aromatic N) is 1. The molecule has 1 amide bonds. The van der Waals surface area contributed by atoms with E-state index >= 15 is 0 Å². The maximum atomic E-state index is 11.4. The van der Waals surface area contributed by atoms with Crippen LogP contribution in [0.4, 0.5) is 0 Å². The van der Waals surface area contributed by atoms with Crippen LogP contribution in [0.5, 0.6) is 0 Å². The number of carbonyl (C=O) groups excluding carboxylic acids is 2. The van der Waals surface area contributed by atoms with E-state index in [1.807, 2.05) is 30.3 Å². The molecule has 1 atom stereocenters. The van der Waals surface area contributed by atoms with E-state index in [0.29, 0.717) is 6.54 Å². The molecule has 0 aromatic heterocycles. The molecule has 0 bridgehead atoms. The number of carbonyl (C=O) groups is 2. The standard InChI is InChI=1S/C11H12N2O2/c1-8-10(14)11(15)13(12-8)7-9-5-3-2-4-6-9/h2-6,8,12H,7H2,1H3. The Morgan fingerprint density at radius 1 is 1.27 bits per heavy atom. The highest BCUT2D eigenvalue weighted by atomic mass is 16.2. The molecule has 15 heavy (non-hydrogen) atoms. The Kier molecular flexibility index (Phi) is 2.51. The maximum absolute atomic E-state index is 11.4. The average molecular weight is 204 g/mol. The second-order valence-electron chi connectivity index (χ2n) is 3.59. The SMILES string of the molecule is CC1NN(Cc2ccccc2)C(=O)C1=O. The van der Waals surface area contributed by atoms with Crippen molar-refractivity contribution in [2.45, 2.75) is 19.5 Å². The number of Topliss-reactive ketones (excluding diaryl/α,β-unsaturated/α-hetero) is 1. The third-order valence-electron chi connectivity index (χ3n) is 2.38. The number of benzene rings is 1. The molecule has 4 nitrogen and oxygen atoms in total. The summed E-state index contributed by atoms with van der Waals surface area (Å²) >= 11 is 0. The van der Waals surface area contributed by atoms with Crippen molar-refractivity contribution in [3.63, 3.8) is 0 Å². The van der Waals surface area contributed by atoms with Gasteiger partial charge in [-0.05, 0) is 12.5 Å². The molecule has 4 heteroatoms. The zero-order chi connectivity index (χ0) is 10.8. The Balaban J connectivity index is 2.09. The highest BCUT2D eigenvalue weighted by molar-refractivity contribution is 6.39. The normalized spacial score (nSPS) is 21.1. The van der Waals surface area contributed by atoms with Gasteiger partial charge >= 0.3 is 5.91 Å². The van der Waals surface area contributed by atoms with Gasteiger partial charge in [0.25, 0.3) is 0 Å². The van der Waals surface area contributed by atoms with E-state index in [-0.39, 0.29) is 5.78 Å². The quantitative estimate of drug-likeness (QED) is 0.713. The average Bonchev–Trinajstić information content (AvgIpc) is 2.48. The van der Waals surface area contributed by atoms with E-state index in [4.69, 9.17) is 0 Å². The number of amides is 1. The molecule has 1 saturated heterocycles. The first-order chi connectivity index (χ1) is 7.18. The van der Waals surface area contributed by atoms with Gasteiger partial charge in [-0.1, -0.05) is 30.3 Å². The highest BCUT2D eigenvalue weighted by Gasteiger charge is 2.35. The Morgan fingerprint density at radius 2 is 1.93 bits per heavy atom. The zero-order valence-electron chi connectivity index (χ0n) is 8.43. The Labute approximate surface area is 87.9 Å². The molecule has 1 fully saturated rings. The van der Waals surface area contributed by atoms with Crippen LogP contribution in [-0.2, 0) is 16.1 Å². The van der Waals surface area contributed by atoms with Crippen molar-refractivity contribution in [2.24, 2.45) is 0 Å². The van der Waals surface area contributed by atoms with E-state index < -0.39 is 11.9 Å². The van der Waals surface area contributed by atoms with E-state index in [1.54, 1.807) is 6.92 Å². The predicted octanol–water partition coefficient (Wildman–Crippen LogP) is 0.491. The first kappa shape index (κ1) is 9.86. The minimum atomic E-state index is -0.452. The van der Waals surface area contributed by atoms with Gasteiger partial charge in [0.15, 0.2) is 0 Å². The molecular formula is C11H12N2O2. The van der Waals surface area contributed by atoms with Crippen LogP contribution >= 0.6 is 0 Å². The van der Waals surface area contributed by atoms with Crippen LogP contribution in [0, 0.1) is 0 Å². The third kappa shape index (κ3) is 1.89. The third-order valence-corrected chi connectivity index (χ3v) is 2.38. The molecule has 1 unspecified atom stereocenters. The van der Waals surface area contributed by atoms with Crippen molar-refractivity contribution in [1.29, 1.82) is 0 Å². The van der Waals surface area contributed by atoms with Gasteiger partial charge in [-0.25, -0.2) is 5.43 Å². The monoisotopic (exact) mass is 204 g/mol. The summed E-state index contributed by atoms with van der Waals surface area (Å²) in [6, 6.07) is 9.16. The van der Waals surface area contributed by atoms with Gasteiger partial charge in [-0.2, -0.15) is 0 Å². The van der Waals surface area contributed by atoms with Gasteiger partial charge in [0.1, 0.15) is 0 Å². The summed E-state index contributed by atoms with van der Waals surface area (Å²) in [5, 5.41) is 1.36. The van der Waals surface area contributed by atoms with Crippen molar-refractivity contribution in [1.82, 2.24) is 10.4 Å². The lowest BCUT2D eigenvalue weighted by atomic mass is 10.2. The zero-order valence-corrected chi connectivity index (χ0v) is 8.43. The van der Waals surface area contributed by atoms with Gasteiger partial charge in [0.05, 0.1) is 12.6 Å². The summed E-state index contributed by atoms with van der Waals surface area (Å²) in [5.41, 5.74) is 3.84. The van der Waals surface area contributed by atoms with Crippen molar-refractivity contribution >= 4 is 11.7 Å². The summed E-state index contributed by atoms with van der Waals surface area (Å²) in [6.07, 6.45) is 0. The van der Waals surface area contributed by atoms with Gasteiger partial charge in [0, 0.05) is 0 Å². The van der Waals surface area contributed by atoms with E-state index in [9.17, 15) is 9.59 Å². The van der Waals surface area contributed by atoms with Crippen molar-refractivity contribution in [2.75, 3.05) is 0 Å². The molecule has 1 aromatic carbocycles. The number of rotatable bonds is 2. The van der Waals surface area contributed by atoms with Crippen LogP contribution in [0.25, 0.3) is 0 Å². The number of hydrogen-bond donors (Lipinski definition) is 1. The predicted molar refractivity (Wildman–Crippen MR) is 54.6 cm³/mol. The molecule has 1 aromatic rings. The fourth-order valence-electron chi connectivity index (χ4n) is 1.55. The molecule has 2 rings (SSSR count). The Morgan fingerprint density at radius 3 is 2.47 bits per heavy atom. The fourth-order valence-corrected chi connectivity index (χ4v) is 1.55. The molecule has 0 saturated carbocycles. The fraction of sp³-hybridized carbons (Fsp3) is 0.273. The molecule has 1 heterocycles. The summed E-state index contributed by atoms with van der Waals surface area (Å²) < 4.78 is 0. The molecule has 0 spiro atoms. The Bertz CT molecular complexity index is 389. The van der Waals surface area contributed by atoms with Crippen molar-refractivity contribution < 1.29 is 9.59 Å². The van der Waals surface area contributed by atoms with Gasteiger partial charge in [0.2, 0.25) is 5.78 Å². The first-order valence-corrected chi connectivity index (χ1v) is 4.84. The van der Waals surface area contributed by atoms with Crippen molar-refractivity contribution in [3.05, 3.63) is 35.9 Å². The van der Waals surface area contributed by atoms with Crippen LogP contribution in [0.1, 0.15) is 12.5 Å². The van der Waals surface area contributed by atoms with E-state index in [2.05, 4.69) is 5.43 Å². The lowest BCUT2D eigenvalue weighted by Gasteiger charge is -2.15. The first-order valence-electron chi connectivity index (χ1n) is 4.84. The summed E-state index contributed by atoms with van der Waals surface area (Å²) in [5.74, 6) is -0.822. The molecule has 1 aliphatic heterocycles. The van der Waals surface area contributed by atoms with E-state index in [1.165, 1.54) is 5.01 Å². The smallest absolute Gasteiger partial charge is 0.287 e. The summed E-state index contributed by atoms with van der Waals surface area (Å²) in [4.78, 5) is 22.7. The maximum Gasteiger partial charge on any atom is 0.306 e. The largest absolute Gasteiger partial charge is 0.306 e. The highest BCUT2D eigenvalue weighted by Crippen LogP contribution is 2.08. The van der Waals surface area contributed by atoms with Gasteiger partial charge in [-0.15, -0.1) is 0 Å². The summed E-state index contributed by atoms with van der Waals surface area (Å²) in [7, 11) is 0. The number of nitrogens with one attached hydrogen (secondary N) is 1. The second-order valence-corrected chi connectivity index (χ2v) is 3.59. The van der Waals surface area contributed by atoms with Gasteiger partial charge in [-0.3, -0.25) is 14.6 Å². The molecular weight excluding hydrogens is 192 g/mol. The molecule has 0 aliphatic carbocycles. The number of ketones is 1. The number of hydrazine groups is 1. The van der Waals surface area contributed by atoms with Crippen LogP contribution in [-0.4, -0.2) is 22.7 Å². The topological polar surface area (TPSA) is 49.4 Å². The van der Waals surface area contributed by atoms with E-state index in [0.717, 1.165) is 5.56 Å². The molecule has 1 aliphatic rings. The molecule has 1 N–H and O–H groups in total. The van der Waals surface area contributed by atoms with Gasteiger partial charge < -0.3 is 0 Å². The van der Waals surface area contributed by atoms with Crippen LogP contribution in [0.3, 0.4) is 0 Å². The Hall–Kier alpha value is -1.68. The van der Waals surface area contributed by atoms with Crippen molar-refractivity contribution in [3.8, 4) is 0 Å². The molecule has 78 valence electrons. The second kappa shape index (κ2) is 3.82. The van der Waals surface area contributed by atoms with Crippen LogP contribution in [0.15, 0.2) is 30.3 Å². The van der Waals surface area contributed by atoms with Crippen LogP contribution in [0.2, 0.25) is 0 Å². The minimum absolute atomic E-state index is 0.370. The minimum Gasteiger partial charge on any atom is -0.287 e. The van der Waals surface area contributed by atoms with Crippen LogP contribution < -0.4 is 5.43 Å². The number of hydrogen-bond acceptors (Lipinski definition) is 3. The summed E-state index contributed by atoms with van der Waals surface area (Å²) in [6.45, 7) is 2.11. The lowest BCUT2D eigenvalue weighted by molar-refractivity contribution is -0.141.